The van der Waals surface area contributed by atoms with E-state index >= 15 is 0 Å². The molecule has 1 amide bonds. The fraction of sp³-hybridized carbons (Fsp3) is 0.588. The van der Waals surface area contributed by atoms with Gasteiger partial charge >= 0.3 is 0 Å². The van der Waals surface area contributed by atoms with Crippen molar-refractivity contribution >= 4 is 30.7 Å². The minimum Gasteiger partial charge on any atom is -0.353 e. The molecule has 1 atom stereocenters. The highest BCUT2D eigenvalue weighted by Gasteiger charge is 2.10. The first-order chi connectivity index (χ1) is 9.97. The summed E-state index contributed by atoms with van der Waals surface area (Å²) in [4.78, 5) is 13.9. The van der Waals surface area contributed by atoms with Crippen molar-refractivity contribution in [3.05, 3.63) is 35.4 Å². The van der Waals surface area contributed by atoms with Crippen molar-refractivity contribution in [2.24, 2.45) is 5.73 Å². The Morgan fingerprint density at radius 1 is 1.09 bits per heavy atom. The molecule has 0 spiro atoms. The van der Waals surface area contributed by atoms with Gasteiger partial charge in [-0.25, -0.2) is 0 Å². The summed E-state index contributed by atoms with van der Waals surface area (Å²) < 4.78 is 0. The Bertz CT molecular complexity index is 434. The minimum absolute atomic E-state index is 0. The smallest absolute Gasteiger partial charge is 0.234 e. The molecular formula is C17H31Cl2N3O. The zero-order valence-corrected chi connectivity index (χ0v) is 16.2. The van der Waals surface area contributed by atoms with Crippen LogP contribution in [0.4, 0.5) is 0 Å². The summed E-state index contributed by atoms with van der Waals surface area (Å²) >= 11 is 0. The van der Waals surface area contributed by atoms with Crippen molar-refractivity contribution in [3.8, 4) is 0 Å². The quantitative estimate of drug-likeness (QED) is 0.745. The number of benzene rings is 1. The third kappa shape index (κ3) is 8.56. The third-order valence-corrected chi connectivity index (χ3v) is 3.81. The lowest BCUT2D eigenvalue weighted by molar-refractivity contribution is -0.122. The first kappa shape index (κ1) is 24.4. The van der Waals surface area contributed by atoms with E-state index in [2.05, 4.69) is 62.2 Å². The van der Waals surface area contributed by atoms with Crippen LogP contribution in [0.1, 0.15) is 50.8 Å². The van der Waals surface area contributed by atoms with E-state index in [0.717, 1.165) is 18.7 Å². The van der Waals surface area contributed by atoms with Crippen molar-refractivity contribution in [3.63, 3.8) is 0 Å². The van der Waals surface area contributed by atoms with Crippen molar-refractivity contribution in [1.82, 2.24) is 10.2 Å². The van der Waals surface area contributed by atoms with Crippen molar-refractivity contribution in [2.45, 2.75) is 39.7 Å². The molecule has 0 aliphatic rings. The highest BCUT2D eigenvalue weighted by atomic mass is 35.5. The van der Waals surface area contributed by atoms with Crippen molar-refractivity contribution in [2.75, 3.05) is 26.2 Å². The Hall–Kier alpha value is -0.810. The van der Waals surface area contributed by atoms with Gasteiger partial charge in [0.05, 0.1) is 6.54 Å². The lowest BCUT2D eigenvalue weighted by Gasteiger charge is -2.19. The highest BCUT2D eigenvalue weighted by molar-refractivity contribution is 5.85. The second-order valence-electron chi connectivity index (χ2n) is 5.69. The summed E-state index contributed by atoms with van der Waals surface area (Å²) in [6.07, 6.45) is 0. The average Bonchev–Trinajstić information content (AvgIpc) is 2.50. The van der Waals surface area contributed by atoms with Gasteiger partial charge in [0, 0.05) is 12.6 Å². The minimum atomic E-state index is -0.160. The molecule has 0 aliphatic carbocycles. The molecule has 0 fully saturated rings. The topological polar surface area (TPSA) is 58.4 Å². The third-order valence-electron chi connectivity index (χ3n) is 3.81. The molecule has 1 aromatic carbocycles. The lowest BCUT2D eigenvalue weighted by Crippen LogP contribution is -2.39. The van der Waals surface area contributed by atoms with Crippen molar-refractivity contribution in [1.29, 1.82) is 0 Å². The van der Waals surface area contributed by atoms with Gasteiger partial charge < -0.3 is 11.1 Å². The van der Waals surface area contributed by atoms with E-state index in [1.54, 1.807) is 0 Å². The summed E-state index contributed by atoms with van der Waals surface area (Å²) in [7, 11) is 0. The number of nitrogens with two attached hydrogens (primary N) is 1. The molecule has 4 nitrogen and oxygen atoms in total. The maximum Gasteiger partial charge on any atom is 0.234 e. The van der Waals surface area contributed by atoms with E-state index in [1.165, 1.54) is 5.56 Å². The number of nitrogens with one attached hydrogen (secondary N) is 1. The standard InChI is InChI=1S/C17H29N3O.2ClH/c1-5-20(6-2)12-17(21)19-11-16(18)15-9-7-14(8-10-15)13(3)4;;/h7-10,13,16H,5-6,11-12,18H2,1-4H3,(H,19,21);2*1H. The van der Waals surface area contributed by atoms with Crippen LogP contribution >= 0.6 is 24.8 Å². The average molecular weight is 364 g/mol. The number of hydrogen-bond acceptors (Lipinski definition) is 3. The van der Waals surface area contributed by atoms with Gasteiger partial charge in [-0.2, -0.15) is 0 Å². The predicted octanol–water partition coefficient (Wildman–Crippen LogP) is 3.11. The van der Waals surface area contributed by atoms with E-state index < -0.39 is 0 Å². The van der Waals surface area contributed by atoms with Crippen LogP contribution in [-0.2, 0) is 4.79 Å². The van der Waals surface area contributed by atoms with Gasteiger partial charge in [0.1, 0.15) is 0 Å². The molecule has 0 aromatic heterocycles. The van der Waals surface area contributed by atoms with Crippen LogP contribution < -0.4 is 11.1 Å². The van der Waals surface area contributed by atoms with Gasteiger partial charge in [0.25, 0.3) is 0 Å². The fourth-order valence-corrected chi connectivity index (χ4v) is 2.18. The number of carbonyl (C=O) groups excluding carboxylic acids is 1. The largest absolute Gasteiger partial charge is 0.353 e. The molecule has 0 radical (unpaired) electrons. The SMILES string of the molecule is CCN(CC)CC(=O)NCC(N)c1ccc(C(C)C)cc1.Cl.Cl. The van der Waals surface area contributed by atoms with Crippen LogP contribution in [0.2, 0.25) is 0 Å². The highest BCUT2D eigenvalue weighted by Crippen LogP contribution is 2.17. The zero-order chi connectivity index (χ0) is 15.8. The maximum absolute atomic E-state index is 11.8. The molecule has 0 aliphatic heterocycles. The van der Waals surface area contributed by atoms with Crippen LogP contribution in [0, 0.1) is 0 Å². The van der Waals surface area contributed by atoms with Crippen LogP contribution in [0.3, 0.4) is 0 Å². The summed E-state index contributed by atoms with van der Waals surface area (Å²) in [6.45, 7) is 11.1. The van der Waals surface area contributed by atoms with Crippen LogP contribution in [-0.4, -0.2) is 37.0 Å². The second-order valence-corrected chi connectivity index (χ2v) is 5.69. The van der Waals surface area contributed by atoms with Gasteiger partial charge in [0.2, 0.25) is 5.91 Å². The van der Waals surface area contributed by atoms with Crippen LogP contribution in [0.25, 0.3) is 0 Å². The Balaban J connectivity index is 0. The molecule has 6 heteroatoms. The monoisotopic (exact) mass is 363 g/mol. The first-order valence-corrected chi connectivity index (χ1v) is 7.82. The number of carbonyl (C=O) groups is 1. The predicted molar refractivity (Wildman–Crippen MR) is 103 cm³/mol. The van der Waals surface area contributed by atoms with Gasteiger partial charge in [-0.1, -0.05) is 52.0 Å². The lowest BCUT2D eigenvalue weighted by atomic mass is 9.99. The van der Waals surface area contributed by atoms with Crippen molar-refractivity contribution < 1.29 is 4.79 Å². The zero-order valence-electron chi connectivity index (χ0n) is 14.5. The number of rotatable bonds is 8. The Labute approximate surface area is 153 Å². The molecular weight excluding hydrogens is 333 g/mol. The van der Waals surface area contributed by atoms with Crippen LogP contribution in [0.15, 0.2) is 24.3 Å². The number of hydrogen-bond donors (Lipinski definition) is 2. The molecule has 0 heterocycles. The fourth-order valence-electron chi connectivity index (χ4n) is 2.18. The molecule has 1 aromatic rings. The molecule has 0 saturated carbocycles. The number of likely N-dealkylation sites (N-methyl/N-ethyl adjacent to an activating group) is 1. The number of nitrogens with zero attached hydrogens (tertiary/aromatic N) is 1. The normalized spacial score (nSPS) is 11.6. The Morgan fingerprint density at radius 3 is 2.00 bits per heavy atom. The second kappa shape index (κ2) is 12.6. The van der Waals surface area contributed by atoms with E-state index in [-0.39, 0.29) is 36.8 Å². The Kier molecular flexibility index (Phi) is 13.4. The van der Waals surface area contributed by atoms with Crippen LogP contribution in [0.5, 0.6) is 0 Å². The van der Waals surface area contributed by atoms with E-state index in [0.29, 0.717) is 19.0 Å². The number of halogens is 2. The van der Waals surface area contributed by atoms with Gasteiger partial charge in [-0.3, -0.25) is 9.69 Å². The summed E-state index contributed by atoms with van der Waals surface area (Å²) in [5.41, 5.74) is 8.50. The summed E-state index contributed by atoms with van der Waals surface area (Å²) in [5.74, 6) is 0.553. The van der Waals surface area contributed by atoms with E-state index in [4.69, 9.17) is 5.73 Å². The number of amides is 1. The van der Waals surface area contributed by atoms with Gasteiger partial charge in [0.15, 0.2) is 0 Å². The first-order valence-electron chi connectivity index (χ1n) is 7.82. The van der Waals surface area contributed by atoms with E-state index in [1.807, 2.05) is 0 Å². The maximum atomic E-state index is 11.8. The van der Waals surface area contributed by atoms with Gasteiger partial charge in [-0.05, 0) is 30.1 Å². The molecule has 0 bridgehead atoms. The van der Waals surface area contributed by atoms with Gasteiger partial charge in [-0.15, -0.1) is 24.8 Å². The Morgan fingerprint density at radius 2 is 1.57 bits per heavy atom. The van der Waals surface area contributed by atoms with E-state index in [9.17, 15) is 4.79 Å². The summed E-state index contributed by atoms with van der Waals surface area (Å²) in [6, 6.07) is 8.16. The molecule has 134 valence electrons. The summed E-state index contributed by atoms with van der Waals surface area (Å²) in [5, 5.41) is 2.91. The molecule has 3 N–H and O–H groups in total. The molecule has 23 heavy (non-hydrogen) atoms. The molecule has 1 rings (SSSR count). The molecule has 1 unspecified atom stereocenters. The molecule has 0 saturated heterocycles.